The van der Waals surface area contributed by atoms with E-state index in [0.29, 0.717) is 11.4 Å². The Balaban J connectivity index is 1.92. The number of hydrogen-bond acceptors (Lipinski definition) is 5. The Hall–Kier alpha value is -3.28. The molecule has 0 spiro atoms. The van der Waals surface area contributed by atoms with Crippen LogP contribution in [0.2, 0.25) is 0 Å². The Bertz CT molecular complexity index is 891. The van der Waals surface area contributed by atoms with Crippen molar-refractivity contribution in [3.05, 3.63) is 70.8 Å². The van der Waals surface area contributed by atoms with Gasteiger partial charge in [-0.3, -0.25) is 10.1 Å². The van der Waals surface area contributed by atoms with Gasteiger partial charge in [0.25, 0.3) is 0 Å². The van der Waals surface area contributed by atoms with Gasteiger partial charge in [-0.2, -0.15) is 10.2 Å². The highest BCUT2D eigenvalue weighted by molar-refractivity contribution is 5.85. The number of nitro groups is 1. The number of phenolic OH excluding ortho intramolecular Hbond substituents is 1. The van der Waals surface area contributed by atoms with Crippen LogP contribution in [-0.4, -0.2) is 10.0 Å². The molecule has 0 saturated carbocycles. The molecule has 0 unspecified atom stereocenters. The van der Waals surface area contributed by atoms with E-state index >= 15 is 0 Å². The summed E-state index contributed by atoms with van der Waals surface area (Å²) in [5.41, 5.74) is 0.557. The standard InChI is InChI=1S/C16H11N3O3/c20-16-8-7-14(10-15(16)19(21)22)18-17-13-6-5-11-3-1-2-4-12(11)9-13/h1-10,20H. The molecule has 3 aromatic rings. The van der Waals surface area contributed by atoms with E-state index in [1.54, 1.807) is 0 Å². The van der Waals surface area contributed by atoms with Crippen LogP contribution in [0.25, 0.3) is 10.8 Å². The summed E-state index contributed by atoms with van der Waals surface area (Å²) in [5, 5.41) is 30.4. The molecular weight excluding hydrogens is 282 g/mol. The summed E-state index contributed by atoms with van der Waals surface area (Å²) in [6.07, 6.45) is 0. The summed E-state index contributed by atoms with van der Waals surface area (Å²) in [6, 6.07) is 17.4. The van der Waals surface area contributed by atoms with Gasteiger partial charge in [-0.25, -0.2) is 0 Å². The fourth-order valence-corrected chi connectivity index (χ4v) is 2.07. The van der Waals surface area contributed by atoms with E-state index in [2.05, 4.69) is 10.2 Å². The molecule has 6 heteroatoms. The molecule has 0 amide bonds. The third-order valence-corrected chi connectivity index (χ3v) is 3.17. The summed E-state index contributed by atoms with van der Waals surface area (Å²) >= 11 is 0. The molecular formula is C16H11N3O3. The first kappa shape index (κ1) is 13.7. The predicted octanol–water partition coefficient (Wildman–Crippen LogP) is 4.87. The number of fused-ring (bicyclic) bond motifs is 1. The minimum absolute atomic E-state index is 0.303. The van der Waals surface area contributed by atoms with Crippen LogP contribution in [0.4, 0.5) is 17.1 Å². The van der Waals surface area contributed by atoms with Gasteiger partial charge in [0, 0.05) is 6.07 Å². The van der Waals surface area contributed by atoms with Crippen molar-refractivity contribution in [1.29, 1.82) is 0 Å². The second kappa shape index (κ2) is 5.61. The fourth-order valence-electron chi connectivity index (χ4n) is 2.07. The van der Waals surface area contributed by atoms with Crippen molar-refractivity contribution in [1.82, 2.24) is 0 Å². The number of phenols is 1. The van der Waals surface area contributed by atoms with Gasteiger partial charge < -0.3 is 5.11 Å². The molecule has 0 aromatic heterocycles. The van der Waals surface area contributed by atoms with Crippen LogP contribution in [0.15, 0.2) is 70.9 Å². The molecule has 0 aliphatic rings. The van der Waals surface area contributed by atoms with Crippen molar-refractivity contribution in [2.75, 3.05) is 0 Å². The van der Waals surface area contributed by atoms with Gasteiger partial charge in [0.05, 0.1) is 16.3 Å². The van der Waals surface area contributed by atoms with Crippen LogP contribution in [-0.2, 0) is 0 Å². The van der Waals surface area contributed by atoms with Crippen molar-refractivity contribution in [3.8, 4) is 5.75 Å². The topological polar surface area (TPSA) is 88.1 Å². The number of benzene rings is 3. The van der Waals surface area contributed by atoms with Crippen molar-refractivity contribution in [3.63, 3.8) is 0 Å². The third-order valence-electron chi connectivity index (χ3n) is 3.17. The highest BCUT2D eigenvalue weighted by Crippen LogP contribution is 2.31. The molecule has 0 radical (unpaired) electrons. The smallest absolute Gasteiger partial charge is 0.312 e. The Morgan fingerprint density at radius 1 is 0.864 bits per heavy atom. The van der Waals surface area contributed by atoms with Crippen molar-refractivity contribution in [2.45, 2.75) is 0 Å². The lowest BCUT2D eigenvalue weighted by molar-refractivity contribution is -0.385. The molecule has 108 valence electrons. The van der Waals surface area contributed by atoms with E-state index in [-0.39, 0.29) is 0 Å². The summed E-state index contributed by atoms with van der Waals surface area (Å²) in [7, 11) is 0. The minimum atomic E-state index is -0.662. The lowest BCUT2D eigenvalue weighted by Crippen LogP contribution is -1.87. The van der Waals surface area contributed by atoms with Gasteiger partial charge in [-0.1, -0.05) is 30.3 Å². The maximum Gasteiger partial charge on any atom is 0.312 e. The van der Waals surface area contributed by atoms with Crippen LogP contribution in [0.1, 0.15) is 0 Å². The first-order valence-electron chi connectivity index (χ1n) is 6.51. The van der Waals surface area contributed by atoms with Gasteiger partial charge >= 0.3 is 5.69 Å². The third kappa shape index (κ3) is 2.76. The molecule has 0 aliphatic carbocycles. The van der Waals surface area contributed by atoms with Crippen LogP contribution in [0, 0.1) is 10.1 Å². The highest BCUT2D eigenvalue weighted by atomic mass is 16.6. The maximum absolute atomic E-state index is 10.8. The van der Waals surface area contributed by atoms with Gasteiger partial charge in [-0.05, 0) is 35.0 Å². The molecule has 22 heavy (non-hydrogen) atoms. The van der Waals surface area contributed by atoms with Crippen molar-refractivity contribution in [2.24, 2.45) is 10.2 Å². The monoisotopic (exact) mass is 293 g/mol. The van der Waals surface area contributed by atoms with Gasteiger partial charge in [0.2, 0.25) is 0 Å². The van der Waals surface area contributed by atoms with Crippen LogP contribution in [0.5, 0.6) is 5.75 Å². The van der Waals surface area contributed by atoms with E-state index in [0.717, 1.165) is 10.8 Å². The fraction of sp³-hybridized carbons (Fsp3) is 0. The number of hydrogen-bond donors (Lipinski definition) is 1. The summed E-state index contributed by atoms with van der Waals surface area (Å²) in [5.74, 6) is -0.394. The van der Waals surface area contributed by atoms with Crippen molar-refractivity contribution < 1.29 is 10.0 Å². The largest absolute Gasteiger partial charge is 0.502 e. The average Bonchev–Trinajstić information content (AvgIpc) is 2.53. The van der Waals surface area contributed by atoms with Crippen LogP contribution >= 0.6 is 0 Å². The Morgan fingerprint density at radius 2 is 1.50 bits per heavy atom. The Morgan fingerprint density at radius 3 is 2.23 bits per heavy atom. The van der Waals surface area contributed by atoms with Gasteiger partial charge in [-0.15, -0.1) is 0 Å². The summed E-state index contributed by atoms with van der Waals surface area (Å²) < 4.78 is 0. The molecule has 0 aliphatic heterocycles. The first-order chi connectivity index (χ1) is 10.6. The van der Waals surface area contributed by atoms with E-state index in [1.807, 2.05) is 42.5 Å². The van der Waals surface area contributed by atoms with Crippen LogP contribution in [0.3, 0.4) is 0 Å². The summed E-state index contributed by atoms with van der Waals surface area (Å²) in [4.78, 5) is 10.1. The Kier molecular flexibility index (Phi) is 3.49. The normalized spacial score (nSPS) is 11.1. The Labute approximate surface area is 125 Å². The molecule has 3 rings (SSSR count). The zero-order valence-electron chi connectivity index (χ0n) is 11.4. The second-order valence-electron chi connectivity index (χ2n) is 4.66. The number of rotatable bonds is 3. The molecule has 0 fully saturated rings. The lowest BCUT2D eigenvalue weighted by atomic mass is 10.1. The predicted molar refractivity (Wildman–Crippen MR) is 82.9 cm³/mol. The number of nitrogens with zero attached hydrogens (tertiary/aromatic N) is 3. The molecule has 0 saturated heterocycles. The minimum Gasteiger partial charge on any atom is -0.502 e. The molecule has 0 heterocycles. The molecule has 0 bridgehead atoms. The van der Waals surface area contributed by atoms with E-state index in [1.165, 1.54) is 18.2 Å². The quantitative estimate of drug-likeness (QED) is 0.424. The molecule has 0 atom stereocenters. The zero-order valence-corrected chi connectivity index (χ0v) is 11.4. The highest BCUT2D eigenvalue weighted by Gasteiger charge is 2.13. The lowest BCUT2D eigenvalue weighted by Gasteiger charge is -1.99. The van der Waals surface area contributed by atoms with E-state index in [9.17, 15) is 15.2 Å². The molecule has 1 N–H and O–H groups in total. The number of azo groups is 1. The molecule has 6 nitrogen and oxygen atoms in total. The zero-order chi connectivity index (χ0) is 15.5. The second-order valence-corrected chi connectivity index (χ2v) is 4.66. The van der Waals surface area contributed by atoms with Gasteiger partial charge in [0.1, 0.15) is 0 Å². The number of aromatic hydroxyl groups is 1. The SMILES string of the molecule is O=[N+]([O-])c1cc(N=Nc2ccc3ccccc3c2)ccc1O. The summed E-state index contributed by atoms with van der Waals surface area (Å²) in [6.45, 7) is 0. The van der Waals surface area contributed by atoms with Crippen LogP contribution < -0.4 is 0 Å². The van der Waals surface area contributed by atoms with Crippen molar-refractivity contribution >= 4 is 27.8 Å². The number of nitro benzene ring substituents is 1. The first-order valence-corrected chi connectivity index (χ1v) is 6.51. The van der Waals surface area contributed by atoms with E-state index < -0.39 is 16.4 Å². The van der Waals surface area contributed by atoms with E-state index in [4.69, 9.17) is 0 Å². The average molecular weight is 293 g/mol. The maximum atomic E-state index is 10.8. The molecule has 3 aromatic carbocycles. The van der Waals surface area contributed by atoms with Gasteiger partial charge in [0.15, 0.2) is 5.75 Å².